The molecular formula is C25H32ClNO2. The van der Waals surface area contributed by atoms with Crippen LogP contribution in [0.3, 0.4) is 0 Å². The molecule has 1 aliphatic rings. The Bertz CT molecular complexity index is 856. The topological polar surface area (TPSA) is 29.5 Å². The van der Waals surface area contributed by atoms with Crippen molar-refractivity contribution in [3.8, 4) is 11.1 Å². The van der Waals surface area contributed by atoms with Gasteiger partial charge in [0, 0.05) is 23.7 Å². The number of rotatable bonds is 4. The summed E-state index contributed by atoms with van der Waals surface area (Å²) in [6, 6.07) is 14.8. The molecule has 1 amide bonds. The van der Waals surface area contributed by atoms with Crippen LogP contribution in [-0.2, 0) is 17.6 Å². The van der Waals surface area contributed by atoms with E-state index in [1.807, 2.05) is 37.8 Å². The third-order valence-electron chi connectivity index (χ3n) is 5.40. The minimum absolute atomic E-state index is 0.204. The molecule has 4 heteroatoms. The lowest BCUT2D eigenvalue weighted by atomic mass is 9.87. The monoisotopic (exact) mass is 413 g/mol. The van der Waals surface area contributed by atoms with Crippen molar-refractivity contribution in [2.75, 3.05) is 13.1 Å². The molecule has 0 aromatic heterocycles. The zero-order valence-corrected chi connectivity index (χ0v) is 18.8. The maximum Gasteiger partial charge on any atom is 0.410 e. The van der Waals surface area contributed by atoms with Crippen molar-refractivity contribution >= 4 is 17.7 Å². The molecule has 1 aliphatic heterocycles. The van der Waals surface area contributed by atoms with Crippen LogP contribution in [-0.4, -0.2) is 29.7 Å². The van der Waals surface area contributed by atoms with Gasteiger partial charge in [-0.1, -0.05) is 54.9 Å². The Hall–Kier alpha value is -2.00. The molecule has 1 atom stereocenters. The van der Waals surface area contributed by atoms with Crippen LogP contribution in [0.5, 0.6) is 0 Å². The van der Waals surface area contributed by atoms with E-state index in [2.05, 4.69) is 37.3 Å². The van der Waals surface area contributed by atoms with E-state index in [0.717, 1.165) is 49.4 Å². The maximum absolute atomic E-state index is 12.5. The molecule has 1 unspecified atom stereocenters. The number of carbonyl (C=O) groups is 1. The fourth-order valence-electron chi connectivity index (χ4n) is 4.04. The quantitative estimate of drug-likeness (QED) is 0.554. The Labute approximate surface area is 180 Å². The second-order valence-electron chi connectivity index (χ2n) is 8.97. The van der Waals surface area contributed by atoms with Gasteiger partial charge < -0.3 is 9.64 Å². The second-order valence-corrected chi connectivity index (χ2v) is 9.37. The van der Waals surface area contributed by atoms with E-state index in [1.54, 1.807) is 0 Å². The Morgan fingerprint density at radius 2 is 1.97 bits per heavy atom. The summed E-state index contributed by atoms with van der Waals surface area (Å²) < 4.78 is 5.58. The van der Waals surface area contributed by atoms with E-state index in [0.29, 0.717) is 5.92 Å². The molecule has 1 heterocycles. The van der Waals surface area contributed by atoms with Crippen molar-refractivity contribution in [1.82, 2.24) is 4.90 Å². The molecule has 0 N–H and O–H groups in total. The number of amides is 1. The number of nitrogens with zero attached hydrogens (tertiary/aromatic N) is 1. The van der Waals surface area contributed by atoms with Gasteiger partial charge in [-0.2, -0.15) is 0 Å². The van der Waals surface area contributed by atoms with E-state index in [4.69, 9.17) is 16.3 Å². The Kier molecular flexibility index (Phi) is 6.89. The molecule has 2 aromatic rings. The first-order chi connectivity index (χ1) is 13.8. The molecular weight excluding hydrogens is 382 g/mol. The molecule has 0 radical (unpaired) electrons. The Morgan fingerprint density at radius 3 is 2.69 bits per heavy atom. The van der Waals surface area contributed by atoms with Crippen LogP contribution in [0.4, 0.5) is 4.79 Å². The van der Waals surface area contributed by atoms with Crippen molar-refractivity contribution in [2.45, 2.75) is 59.0 Å². The minimum Gasteiger partial charge on any atom is -0.444 e. The largest absolute Gasteiger partial charge is 0.444 e. The van der Waals surface area contributed by atoms with Crippen LogP contribution in [0.25, 0.3) is 11.1 Å². The highest BCUT2D eigenvalue weighted by atomic mass is 35.5. The molecule has 0 saturated carbocycles. The lowest BCUT2D eigenvalue weighted by Gasteiger charge is -2.34. The van der Waals surface area contributed by atoms with Crippen molar-refractivity contribution < 1.29 is 9.53 Å². The van der Waals surface area contributed by atoms with E-state index in [-0.39, 0.29) is 6.09 Å². The molecule has 3 rings (SSSR count). The third-order valence-corrected chi connectivity index (χ3v) is 5.72. The standard InChI is InChI=1S/C25H32ClNO2/c1-5-18-9-6-11-20(15-18)23-21(12-7-13-22(23)26)16-19-10-8-14-27(17-19)24(28)29-25(2,3)4/h6-7,9,11-13,15,19H,5,8,10,14,16-17H2,1-4H3. The van der Waals surface area contributed by atoms with Crippen molar-refractivity contribution in [3.05, 3.63) is 58.6 Å². The predicted octanol–water partition coefficient (Wildman–Crippen LogP) is 6.76. The van der Waals surface area contributed by atoms with Crippen LogP contribution in [0.1, 0.15) is 51.7 Å². The van der Waals surface area contributed by atoms with Gasteiger partial charge in [-0.15, -0.1) is 0 Å². The van der Waals surface area contributed by atoms with Gasteiger partial charge in [-0.3, -0.25) is 0 Å². The first-order valence-electron chi connectivity index (χ1n) is 10.6. The number of aryl methyl sites for hydroxylation is 1. The Morgan fingerprint density at radius 1 is 1.21 bits per heavy atom. The summed E-state index contributed by atoms with van der Waals surface area (Å²) in [7, 11) is 0. The zero-order valence-electron chi connectivity index (χ0n) is 18.0. The number of likely N-dealkylation sites (tertiary alicyclic amines) is 1. The van der Waals surface area contributed by atoms with Gasteiger partial charge in [-0.25, -0.2) is 4.79 Å². The molecule has 0 bridgehead atoms. The van der Waals surface area contributed by atoms with Crippen LogP contribution in [0.15, 0.2) is 42.5 Å². The maximum atomic E-state index is 12.5. The minimum atomic E-state index is -0.464. The smallest absolute Gasteiger partial charge is 0.410 e. The molecule has 1 fully saturated rings. The molecule has 29 heavy (non-hydrogen) atoms. The van der Waals surface area contributed by atoms with E-state index in [1.165, 1.54) is 16.7 Å². The number of piperidine rings is 1. The second kappa shape index (κ2) is 9.21. The lowest BCUT2D eigenvalue weighted by molar-refractivity contribution is 0.0166. The number of carbonyl (C=O) groups excluding carboxylic acids is 1. The molecule has 0 spiro atoms. The van der Waals surface area contributed by atoms with Crippen molar-refractivity contribution in [3.63, 3.8) is 0 Å². The molecule has 1 saturated heterocycles. The lowest BCUT2D eigenvalue weighted by Crippen LogP contribution is -2.43. The first kappa shape index (κ1) is 21.7. The highest BCUT2D eigenvalue weighted by molar-refractivity contribution is 6.33. The average molecular weight is 414 g/mol. The fraction of sp³-hybridized carbons (Fsp3) is 0.480. The number of hydrogen-bond acceptors (Lipinski definition) is 2. The molecule has 0 aliphatic carbocycles. The van der Waals surface area contributed by atoms with E-state index >= 15 is 0 Å². The average Bonchev–Trinajstić information content (AvgIpc) is 2.67. The van der Waals surface area contributed by atoms with E-state index in [9.17, 15) is 4.79 Å². The van der Waals surface area contributed by atoms with Gasteiger partial charge in [0.1, 0.15) is 5.60 Å². The van der Waals surface area contributed by atoms with Crippen LogP contribution < -0.4 is 0 Å². The summed E-state index contributed by atoms with van der Waals surface area (Å²) in [4.78, 5) is 14.4. The third kappa shape index (κ3) is 5.76. The summed E-state index contributed by atoms with van der Waals surface area (Å²) >= 11 is 6.64. The van der Waals surface area contributed by atoms with Gasteiger partial charge >= 0.3 is 6.09 Å². The normalized spacial score (nSPS) is 17.3. The molecule has 3 nitrogen and oxygen atoms in total. The van der Waals surface area contributed by atoms with Crippen LogP contribution >= 0.6 is 11.6 Å². The summed E-state index contributed by atoms with van der Waals surface area (Å²) in [6.45, 7) is 9.40. The van der Waals surface area contributed by atoms with Gasteiger partial charge in [0.2, 0.25) is 0 Å². The van der Waals surface area contributed by atoms with Crippen LogP contribution in [0, 0.1) is 5.92 Å². The number of benzene rings is 2. The zero-order chi connectivity index (χ0) is 21.0. The summed E-state index contributed by atoms with van der Waals surface area (Å²) in [6.07, 6.45) is 3.82. The SMILES string of the molecule is CCc1cccc(-c2c(Cl)cccc2CC2CCCN(C(=O)OC(C)(C)C)C2)c1. The first-order valence-corrected chi connectivity index (χ1v) is 11.0. The fourth-order valence-corrected chi connectivity index (χ4v) is 4.35. The van der Waals surface area contributed by atoms with Crippen LogP contribution in [0.2, 0.25) is 5.02 Å². The molecule has 156 valence electrons. The van der Waals surface area contributed by atoms with Gasteiger partial charge in [0.15, 0.2) is 0 Å². The highest BCUT2D eigenvalue weighted by Gasteiger charge is 2.28. The van der Waals surface area contributed by atoms with Gasteiger partial charge in [0.05, 0.1) is 0 Å². The number of ether oxygens (including phenoxy) is 1. The predicted molar refractivity (Wildman–Crippen MR) is 121 cm³/mol. The van der Waals surface area contributed by atoms with E-state index < -0.39 is 5.60 Å². The highest BCUT2D eigenvalue weighted by Crippen LogP contribution is 2.34. The summed E-state index contributed by atoms with van der Waals surface area (Å²) in [5.74, 6) is 0.405. The van der Waals surface area contributed by atoms with Crippen molar-refractivity contribution in [1.29, 1.82) is 0 Å². The molecule has 2 aromatic carbocycles. The Balaban J connectivity index is 1.80. The van der Waals surface area contributed by atoms with Gasteiger partial charge in [0.25, 0.3) is 0 Å². The number of hydrogen-bond donors (Lipinski definition) is 0. The van der Waals surface area contributed by atoms with Gasteiger partial charge in [-0.05, 0) is 75.1 Å². The number of halogens is 1. The summed E-state index contributed by atoms with van der Waals surface area (Å²) in [5, 5.41) is 0.788. The van der Waals surface area contributed by atoms with Crippen molar-refractivity contribution in [2.24, 2.45) is 5.92 Å². The summed E-state index contributed by atoms with van der Waals surface area (Å²) in [5.41, 5.74) is 4.39.